The lowest BCUT2D eigenvalue weighted by Crippen LogP contribution is -2.34. The number of ether oxygens (including phenoxy) is 1. The van der Waals surface area contributed by atoms with Gasteiger partial charge in [0, 0.05) is 45.4 Å². The molecule has 0 bridgehead atoms. The average Bonchev–Trinajstić information content (AvgIpc) is 3.10. The van der Waals surface area contributed by atoms with Crippen molar-refractivity contribution >= 4 is 27.5 Å². The number of benzene rings is 1. The molecule has 1 aliphatic heterocycles. The fourth-order valence-electron chi connectivity index (χ4n) is 3.35. The Labute approximate surface area is 173 Å². The van der Waals surface area contributed by atoms with Crippen molar-refractivity contribution in [3.8, 4) is 0 Å². The summed E-state index contributed by atoms with van der Waals surface area (Å²) in [5, 5.41) is 2.76. The molecule has 0 radical (unpaired) electrons. The Hall–Kier alpha value is -1.97. The molecule has 1 atom stereocenters. The highest BCUT2D eigenvalue weighted by molar-refractivity contribution is 7.89. The third-order valence-corrected chi connectivity index (χ3v) is 6.75. The Morgan fingerprint density at radius 1 is 1.21 bits per heavy atom. The molecule has 0 aromatic heterocycles. The molecule has 2 rings (SSSR count). The van der Waals surface area contributed by atoms with Crippen molar-refractivity contribution in [1.29, 1.82) is 0 Å². The molecule has 1 aromatic rings. The Balaban J connectivity index is 2.09. The summed E-state index contributed by atoms with van der Waals surface area (Å²) in [4.78, 5) is 26.3. The Bertz CT molecular complexity index is 789. The van der Waals surface area contributed by atoms with Gasteiger partial charge in [0.15, 0.2) is 0 Å². The van der Waals surface area contributed by atoms with E-state index in [1.807, 2.05) is 13.8 Å². The van der Waals surface area contributed by atoms with E-state index in [4.69, 9.17) is 4.74 Å². The largest absolute Gasteiger partial charge is 0.383 e. The minimum Gasteiger partial charge on any atom is -0.383 e. The number of methoxy groups -OCH3 is 1. The Morgan fingerprint density at radius 2 is 1.83 bits per heavy atom. The topological polar surface area (TPSA) is 96.0 Å². The number of nitrogens with one attached hydrogen (secondary N) is 1. The monoisotopic (exact) mass is 425 g/mol. The van der Waals surface area contributed by atoms with Crippen LogP contribution in [-0.2, 0) is 24.3 Å². The second-order valence-corrected chi connectivity index (χ2v) is 9.03. The second kappa shape index (κ2) is 10.7. The smallest absolute Gasteiger partial charge is 0.243 e. The SMILES string of the molecule is CCCN(CCC)S(=O)(=O)c1ccc(N2C[C@H](C(=O)NCCOC)CC2=O)cc1. The van der Waals surface area contributed by atoms with Crippen molar-refractivity contribution < 1.29 is 22.7 Å². The van der Waals surface area contributed by atoms with Gasteiger partial charge in [0.2, 0.25) is 21.8 Å². The van der Waals surface area contributed by atoms with Crippen molar-refractivity contribution in [1.82, 2.24) is 9.62 Å². The highest BCUT2D eigenvalue weighted by atomic mass is 32.2. The zero-order valence-corrected chi connectivity index (χ0v) is 18.2. The van der Waals surface area contributed by atoms with Gasteiger partial charge in [0.05, 0.1) is 17.4 Å². The number of rotatable bonds is 11. The third kappa shape index (κ3) is 5.77. The lowest BCUT2D eigenvalue weighted by atomic mass is 10.1. The van der Waals surface area contributed by atoms with E-state index in [1.165, 1.54) is 21.3 Å². The van der Waals surface area contributed by atoms with Crippen LogP contribution in [0.2, 0.25) is 0 Å². The van der Waals surface area contributed by atoms with Crippen LogP contribution >= 0.6 is 0 Å². The predicted octanol–water partition coefficient (Wildman–Crippen LogP) is 1.61. The Kier molecular flexibility index (Phi) is 8.60. The minimum absolute atomic E-state index is 0.139. The summed E-state index contributed by atoms with van der Waals surface area (Å²) in [6.07, 6.45) is 1.63. The molecule has 1 saturated heterocycles. The lowest BCUT2D eigenvalue weighted by molar-refractivity contribution is -0.126. The lowest BCUT2D eigenvalue weighted by Gasteiger charge is -2.22. The van der Waals surface area contributed by atoms with Crippen molar-refractivity contribution in [2.24, 2.45) is 5.92 Å². The average molecular weight is 426 g/mol. The molecule has 0 aliphatic carbocycles. The summed E-state index contributed by atoms with van der Waals surface area (Å²) >= 11 is 0. The first kappa shape index (κ1) is 23.3. The highest BCUT2D eigenvalue weighted by Crippen LogP contribution is 2.27. The van der Waals surface area contributed by atoms with Crippen LogP contribution in [0.3, 0.4) is 0 Å². The van der Waals surface area contributed by atoms with Crippen LogP contribution in [0.4, 0.5) is 5.69 Å². The summed E-state index contributed by atoms with van der Waals surface area (Å²) in [6, 6.07) is 6.32. The maximum absolute atomic E-state index is 12.9. The number of hydrogen-bond donors (Lipinski definition) is 1. The van der Waals surface area contributed by atoms with Gasteiger partial charge in [-0.3, -0.25) is 9.59 Å². The van der Waals surface area contributed by atoms with Crippen molar-refractivity contribution in [2.45, 2.75) is 38.0 Å². The molecule has 1 aliphatic rings. The summed E-state index contributed by atoms with van der Waals surface area (Å²) in [5.41, 5.74) is 0.596. The standard InChI is InChI=1S/C20H31N3O5S/c1-4-11-22(12-5-2)29(26,27)18-8-6-17(7-9-18)23-15-16(14-19(23)24)20(25)21-10-13-28-3/h6-9,16H,4-5,10-15H2,1-3H3,(H,21,25)/t16-/m1/s1. The number of carbonyl (C=O) groups is 2. The van der Waals surface area contributed by atoms with Crippen LogP contribution in [0, 0.1) is 5.92 Å². The van der Waals surface area contributed by atoms with Gasteiger partial charge in [-0.1, -0.05) is 13.8 Å². The first-order valence-corrected chi connectivity index (χ1v) is 11.5. The third-order valence-electron chi connectivity index (χ3n) is 4.83. The summed E-state index contributed by atoms with van der Waals surface area (Å²) in [7, 11) is -2.01. The molecule has 8 nitrogen and oxygen atoms in total. The van der Waals surface area contributed by atoms with E-state index in [1.54, 1.807) is 19.2 Å². The second-order valence-electron chi connectivity index (χ2n) is 7.09. The van der Waals surface area contributed by atoms with Gasteiger partial charge in [0.1, 0.15) is 0 Å². The zero-order chi connectivity index (χ0) is 21.4. The van der Waals surface area contributed by atoms with Gasteiger partial charge in [-0.05, 0) is 37.1 Å². The van der Waals surface area contributed by atoms with Crippen molar-refractivity contribution in [2.75, 3.05) is 44.8 Å². The van der Waals surface area contributed by atoms with E-state index in [0.717, 1.165) is 12.8 Å². The number of sulfonamides is 1. The van der Waals surface area contributed by atoms with Gasteiger partial charge in [-0.15, -0.1) is 0 Å². The van der Waals surface area contributed by atoms with E-state index in [9.17, 15) is 18.0 Å². The van der Waals surface area contributed by atoms with Gasteiger partial charge in [-0.2, -0.15) is 4.31 Å². The van der Waals surface area contributed by atoms with E-state index >= 15 is 0 Å². The van der Waals surface area contributed by atoms with E-state index in [-0.39, 0.29) is 29.7 Å². The van der Waals surface area contributed by atoms with Gasteiger partial charge in [0.25, 0.3) is 0 Å². The number of hydrogen-bond acceptors (Lipinski definition) is 5. The molecule has 0 spiro atoms. The van der Waals surface area contributed by atoms with Crippen LogP contribution in [0.1, 0.15) is 33.1 Å². The first-order valence-electron chi connectivity index (χ1n) is 10.0. The molecule has 2 amide bonds. The summed E-state index contributed by atoms with van der Waals surface area (Å²) in [6.45, 7) is 5.94. The molecule has 1 heterocycles. The molecule has 1 fully saturated rings. The van der Waals surface area contributed by atoms with Crippen LogP contribution in [0.15, 0.2) is 29.2 Å². The fourth-order valence-corrected chi connectivity index (χ4v) is 4.98. The normalized spacial score (nSPS) is 17.2. The zero-order valence-electron chi connectivity index (χ0n) is 17.4. The number of anilines is 1. The molecule has 1 N–H and O–H groups in total. The van der Waals surface area contributed by atoms with Crippen molar-refractivity contribution in [3.05, 3.63) is 24.3 Å². The quantitative estimate of drug-likeness (QED) is 0.544. The van der Waals surface area contributed by atoms with E-state index in [0.29, 0.717) is 31.9 Å². The van der Waals surface area contributed by atoms with E-state index < -0.39 is 15.9 Å². The molecular formula is C20H31N3O5S. The van der Waals surface area contributed by atoms with E-state index in [2.05, 4.69) is 5.32 Å². The van der Waals surface area contributed by atoms with Crippen LogP contribution in [0.25, 0.3) is 0 Å². The van der Waals surface area contributed by atoms with Gasteiger partial charge >= 0.3 is 0 Å². The molecule has 29 heavy (non-hydrogen) atoms. The number of carbonyl (C=O) groups excluding carboxylic acids is 2. The molecule has 9 heteroatoms. The first-order chi connectivity index (χ1) is 13.8. The van der Waals surface area contributed by atoms with Crippen LogP contribution in [-0.4, -0.2) is 64.4 Å². The molecule has 0 unspecified atom stereocenters. The molecular weight excluding hydrogens is 394 g/mol. The molecule has 1 aromatic carbocycles. The predicted molar refractivity (Wildman–Crippen MR) is 111 cm³/mol. The minimum atomic E-state index is -3.56. The highest BCUT2D eigenvalue weighted by Gasteiger charge is 2.35. The van der Waals surface area contributed by atoms with Gasteiger partial charge in [-0.25, -0.2) is 8.42 Å². The maximum Gasteiger partial charge on any atom is 0.243 e. The van der Waals surface area contributed by atoms with Crippen molar-refractivity contribution in [3.63, 3.8) is 0 Å². The van der Waals surface area contributed by atoms with Crippen LogP contribution < -0.4 is 10.2 Å². The van der Waals surface area contributed by atoms with Crippen LogP contribution in [0.5, 0.6) is 0 Å². The number of amides is 2. The van der Waals surface area contributed by atoms with Gasteiger partial charge < -0.3 is 15.0 Å². The molecule has 0 saturated carbocycles. The fraction of sp³-hybridized carbons (Fsp3) is 0.600. The maximum atomic E-state index is 12.9. The Morgan fingerprint density at radius 3 is 2.38 bits per heavy atom. The number of nitrogens with zero attached hydrogens (tertiary/aromatic N) is 2. The molecule has 162 valence electrons. The summed E-state index contributed by atoms with van der Waals surface area (Å²) < 4.78 is 32.1. The summed E-state index contributed by atoms with van der Waals surface area (Å²) in [5.74, 6) is -0.745.